The summed E-state index contributed by atoms with van der Waals surface area (Å²) >= 11 is 0. The maximum Gasteiger partial charge on any atom is 0.222 e. The number of hydrogen-bond donors (Lipinski definition) is 1. The average Bonchev–Trinajstić information content (AvgIpc) is 3.14. The molecule has 1 amide bonds. The van der Waals surface area contributed by atoms with E-state index < -0.39 is 0 Å². The lowest BCUT2D eigenvalue weighted by atomic mass is 9.82. The lowest BCUT2D eigenvalue weighted by Gasteiger charge is -2.44. The largest absolute Gasteiger partial charge is 0.487 e. The van der Waals surface area contributed by atoms with Crippen molar-refractivity contribution >= 4 is 5.91 Å². The van der Waals surface area contributed by atoms with E-state index in [1.807, 2.05) is 24.3 Å². The Morgan fingerprint density at radius 1 is 1.32 bits per heavy atom. The van der Waals surface area contributed by atoms with Crippen molar-refractivity contribution in [2.24, 2.45) is 0 Å². The van der Waals surface area contributed by atoms with Gasteiger partial charge in [0, 0.05) is 31.2 Å². The maximum absolute atomic E-state index is 12.4. The van der Waals surface area contributed by atoms with Crippen molar-refractivity contribution in [2.45, 2.75) is 43.9 Å². The van der Waals surface area contributed by atoms with Crippen molar-refractivity contribution in [1.29, 1.82) is 0 Å². The molecule has 1 fully saturated rings. The van der Waals surface area contributed by atoms with Crippen LogP contribution in [0.3, 0.4) is 0 Å². The standard InChI is InChI=1S/C18H22N4O3/c23-17(5-8-22-13-19-12-20-22)21-15-11-18(6-9-24-10-7-18)25-16-4-2-1-3-14(15)16/h1-4,12-13,15H,5-11H2,(H,21,23)/t15-/m1/s1. The smallest absolute Gasteiger partial charge is 0.222 e. The fraction of sp³-hybridized carbons (Fsp3) is 0.500. The number of carbonyl (C=O) groups excluding carboxylic acids is 1. The minimum absolute atomic E-state index is 0.0133. The number of nitrogens with zero attached hydrogens (tertiary/aromatic N) is 3. The fourth-order valence-corrected chi connectivity index (χ4v) is 3.63. The molecule has 1 atom stereocenters. The van der Waals surface area contributed by atoms with E-state index in [4.69, 9.17) is 9.47 Å². The molecule has 7 heteroatoms. The summed E-state index contributed by atoms with van der Waals surface area (Å²) in [5.41, 5.74) is 0.810. The molecular weight excluding hydrogens is 320 g/mol. The van der Waals surface area contributed by atoms with Crippen LogP contribution < -0.4 is 10.1 Å². The Labute approximate surface area is 146 Å². The third kappa shape index (κ3) is 3.51. The van der Waals surface area contributed by atoms with E-state index in [-0.39, 0.29) is 17.6 Å². The van der Waals surface area contributed by atoms with Gasteiger partial charge in [-0.15, -0.1) is 0 Å². The Morgan fingerprint density at radius 3 is 2.96 bits per heavy atom. The van der Waals surface area contributed by atoms with Crippen molar-refractivity contribution in [1.82, 2.24) is 20.1 Å². The molecule has 0 saturated carbocycles. The zero-order chi connectivity index (χ0) is 17.1. The zero-order valence-electron chi connectivity index (χ0n) is 14.1. The van der Waals surface area contributed by atoms with E-state index in [0.717, 1.165) is 30.6 Å². The molecule has 1 aromatic carbocycles. The highest BCUT2D eigenvalue weighted by molar-refractivity contribution is 5.76. The molecule has 0 bridgehead atoms. The van der Waals surface area contributed by atoms with Gasteiger partial charge < -0.3 is 14.8 Å². The highest BCUT2D eigenvalue weighted by Gasteiger charge is 2.42. The molecular formula is C18H22N4O3. The molecule has 1 saturated heterocycles. The Hall–Kier alpha value is -2.41. The minimum Gasteiger partial charge on any atom is -0.487 e. The van der Waals surface area contributed by atoms with E-state index in [9.17, 15) is 4.79 Å². The van der Waals surface area contributed by atoms with Crippen LogP contribution in [0.4, 0.5) is 0 Å². The van der Waals surface area contributed by atoms with Crippen molar-refractivity contribution in [3.8, 4) is 5.75 Å². The van der Waals surface area contributed by atoms with Crippen LogP contribution in [-0.2, 0) is 16.1 Å². The number of aromatic nitrogens is 3. The van der Waals surface area contributed by atoms with Crippen LogP contribution in [-0.4, -0.2) is 39.5 Å². The normalized spacial score (nSPS) is 21.4. The molecule has 132 valence electrons. The average molecular weight is 342 g/mol. The molecule has 1 aromatic heterocycles. The lowest BCUT2D eigenvalue weighted by molar-refractivity contribution is -0.123. The molecule has 0 unspecified atom stereocenters. The highest BCUT2D eigenvalue weighted by Crippen LogP contribution is 2.43. The van der Waals surface area contributed by atoms with Crippen molar-refractivity contribution in [3.63, 3.8) is 0 Å². The van der Waals surface area contributed by atoms with Crippen LogP contribution in [0.2, 0.25) is 0 Å². The summed E-state index contributed by atoms with van der Waals surface area (Å²) in [7, 11) is 0. The van der Waals surface area contributed by atoms with Crippen molar-refractivity contribution in [3.05, 3.63) is 42.5 Å². The van der Waals surface area contributed by atoms with Gasteiger partial charge >= 0.3 is 0 Å². The summed E-state index contributed by atoms with van der Waals surface area (Å²) in [6.45, 7) is 1.93. The van der Waals surface area contributed by atoms with E-state index in [0.29, 0.717) is 26.2 Å². The number of rotatable bonds is 4. The second kappa shape index (κ2) is 6.84. The first kappa shape index (κ1) is 16.1. The van der Waals surface area contributed by atoms with E-state index in [1.165, 1.54) is 6.33 Å². The Balaban J connectivity index is 1.48. The van der Waals surface area contributed by atoms with Crippen LogP contribution >= 0.6 is 0 Å². The molecule has 2 aromatic rings. The molecule has 0 aliphatic carbocycles. The molecule has 0 radical (unpaired) electrons. The Morgan fingerprint density at radius 2 is 2.16 bits per heavy atom. The lowest BCUT2D eigenvalue weighted by Crippen LogP contribution is -2.48. The third-order valence-corrected chi connectivity index (χ3v) is 4.97. The van der Waals surface area contributed by atoms with Gasteiger partial charge in [0.2, 0.25) is 5.91 Å². The summed E-state index contributed by atoms with van der Waals surface area (Å²) in [5, 5.41) is 7.22. The summed E-state index contributed by atoms with van der Waals surface area (Å²) in [6, 6.07) is 7.94. The summed E-state index contributed by atoms with van der Waals surface area (Å²) in [5.74, 6) is 0.886. The van der Waals surface area contributed by atoms with Gasteiger partial charge in [0.25, 0.3) is 0 Å². The maximum atomic E-state index is 12.4. The molecule has 3 heterocycles. The monoisotopic (exact) mass is 342 g/mol. The number of para-hydroxylation sites is 1. The molecule has 1 N–H and O–H groups in total. The quantitative estimate of drug-likeness (QED) is 0.917. The number of nitrogens with one attached hydrogen (secondary N) is 1. The summed E-state index contributed by atoms with van der Waals surface area (Å²) < 4.78 is 13.5. The van der Waals surface area contributed by atoms with Gasteiger partial charge in [-0.1, -0.05) is 18.2 Å². The predicted molar refractivity (Wildman–Crippen MR) is 90.0 cm³/mol. The van der Waals surface area contributed by atoms with Gasteiger partial charge in [-0.25, -0.2) is 4.98 Å². The van der Waals surface area contributed by atoms with Crippen LogP contribution in [0.1, 0.15) is 37.3 Å². The van der Waals surface area contributed by atoms with Gasteiger partial charge in [0.1, 0.15) is 24.0 Å². The van der Waals surface area contributed by atoms with Crippen LogP contribution in [0.5, 0.6) is 5.75 Å². The summed E-state index contributed by atoms with van der Waals surface area (Å²) in [6.07, 6.45) is 5.95. The number of carbonyl (C=O) groups is 1. The van der Waals surface area contributed by atoms with Crippen molar-refractivity contribution in [2.75, 3.05) is 13.2 Å². The van der Waals surface area contributed by atoms with Crippen molar-refractivity contribution < 1.29 is 14.3 Å². The Bertz CT molecular complexity index is 726. The van der Waals surface area contributed by atoms with Crippen LogP contribution in [0, 0.1) is 0 Å². The molecule has 2 aliphatic heterocycles. The molecule has 7 nitrogen and oxygen atoms in total. The topological polar surface area (TPSA) is 78.3 Å². The molecule has 1 spiro atoms. The van der Waals surface area contributed by atoms with Gasteiger partial charge in [-0.2, -0.15) is 5.10 Å². The van der Waals surface area contributed by atoms with Gasteiger partial charge in [-0.05, 0) is 6.07 Å². The zero-order valence-corrected chi connectivity index (χ0v) is 14.1. The number of fused-ring (bicyclic) bond motifs is 1. The third-order valence-electron chi connectivity index (χ3n) is 4.97. The number of hydrogen-bond acceptors (Lipinski definition) is 5. The molecule has 4 rings (SSSR count). The predicted octanol–water partition coefficient (Wildman–Crippen LogP) is 1.86. The van der Waals surface area contributed by atoms with Gasteiger partial charge in [0.05, 0.1) is 25.8 Å². The van der Waals surface area contributed by atoms with Gasteiger partial charge in [0.15, 0.2) is 0 Å². The van der Waals surface area contributed by atoms with Crippen LogP contribution in [0.25, 0.3) is 0 Å². The Kier molecular flexibility index (Phi) is 4.40. The second-order valence-electron chi connectivity index (χ2n) is 6.67. The molecule has 2 aliphatic rings. The van der Waals surface area contributed by atoms with Gasteiger partial charge in [-0.3, -0.25) is 9.48 Å². The number of aryl methyl sites for hydroxylation is 1. The van der Waals surface area contributed by atoms with E-state index >= 15 is 0 Å². The first-order valence-corrected chi connectivity index (χ1v) is 8.72. The summed E-state index contributed by atoms with van der Waals surface area (Å²) in [4.78, 5) is 16.3. The second-order valence-corrected chi connectivity index (χ2v) is 6.67. The molecule has 25 heavy (non-hydrogen) atoms. The van der Waals surface area contributed by atoms with E-state index in [2.05, 4.69) is 15.4 Å². The van der Waals surface area contributed by atoms with Crippen LogP contribution in [0.15, 0.2) is 36.9 Å². The first-order valence-electron chi connectivity index (χ1n) is 8.72. The number of ether oxygens (including phenoxy) is 2. The number of benzene rings is 1. The first-order chi connectivity index (χ1) is 12.2. The minimum atomic E-state index is -0.240. The van der Waals surface area contributed by atoms with E-state index in [1.54, 1.807) is 11.0 Å². The fourth-order valence-electron chi connectivity index (χ4n) is 3.63. The SMILES string of the molecule is O=C(CCn1cncn1)N[C@@H]1CC2(CCOCC2)Oc2ccccc21. The number of amides is 1. The highest BCUT2D eigenvalue weighted by atomic mass is 16.5.